The van der Waals surface area contributed by atoms with Gasteiger partial charge in [-0.05, 0) is 56.0 Å². The second-order valence-corrected chi connectivity index (χ2v) is 10.2. The number of aromatic nitrogens is 1. The maximum atomic E-state index is 12.9. The Balaban J connectivity index is 1.58. The number of hydrogen-bond acceptors (Lipinski definition) is 5. The van der Waals surface area contributed by atoms with Gasteiger partial charge in [0.2, 0.25) is 10.0 Å². The Morgan fingerprint density at radius 1 is 1.16 bits per heavy atom. The number of rotatable bonds is 14. The van der Waals surface area contributed by atoms with Crippen molar-refractivity contribution in [3.05, 3.63) is 24.5 Å². The molecule has 1 aliphatic rings. The molecule has 176 valence electrons. The molecular weight excluding hydrogens is 439 g/mol. The molecule has 1 aromatic heterocycles. The van der Waals surface area contributed by atoms with Crippen LogP contribution in [0.3, 0.4) is 0 Å². The van der Waals surface area contributed by atoms with Crippen molar-refractivity contribution in [1.82, 2.24) is 14.8 Å². The predicted molar refractivity (Wildman–Crippen MR) is 126 cm³/mol. The Labute approximate surface area is 191 Å². The number of halogens is 1. The first-order valence-corrected chi connectivity index (χ1v) is 13.2. The third-order valence-electron chi connectivity index (χ3n) is 5.31. The summed E-state index contributed by atoms with van der Waals surface area (Å²) in [4.78, 5) is 9.48. The van der Waals surface area contributed by atoms with Gasteiger partial charge in [-0.25, -0.2) is 12.8 Å². The molecule has 0 amide bonds. The van der Waals surface area contributed by atoms with Gasteiger partial charge in [0, 0.05) is 24.6 Å². The first kappa shape index (κ1) is 25.9. The Morgan fingerprint density at radius 2 is 1.87 bits per heavy atom. The summed E-state index contributed by atoms with van der Waals surface area (Å²) in [5.74, 6) is 0.352. The van der Waals surface area contributed by atoms with Crippen molar-refractivity contribution in [2.75, 3.05) is 37.4 Å². The van der Waals surface area contributed by atoms with Gasteiger partial charge in [0.25, 0.3) is 0 Å². The van der Waals surface area contributed by atoms with E-state index in [0.717, 1.165) is 55.1 Å². The minimum absolute atomic E-state index is 0.0207. The Kier molecular flexibility index (Phi) is 12.2. The molecular formula is C21H35FN4O3S2. The molecule has 1 aromatic rings. The molecule has 0 unspecified atom stereocenters. The number of unbranched alkanes of at least 4 members (excludes halogenated alkanes) is 3. The number of hydrogen-bond donors (Lipinski definition) is 2. The molecule has 2 rings (SSSR count). The van der Waals surface area contributed by atoms with Gasteiger partial charge in [0.15, 0.2) is 5.11 Å². The van der Waals surface area contributed by atoms with Gasteiger partial charge in [-0.1, -0.05) is 36.6 Å². The smallest absolute Gasteiger partial charge is 0.236 e. The van der Waals surface area contributed by atoms with Crippen LogP contribution in [-0.2, 0) is 14.9 Å². The van der Waals surface area contributed by atoms with E-state index >= 15 is 0 Å². The van der Waals surface area contributed by atoms with Gasteiger partial charge in [-0.15, -0.1) is 0 Å². The fraction of sp³-hybridized carbons (Fsp3) is 0.714. The second kappa shape index (κ2) is 14.7. The average molecular weight is 475 g/mol. The van der Waals surface area contributed by atoms with Gasteiger partial charge >= 0.3 is 0 Å². The number of hydroxylamine groups is 1. The van der Waals surface area contributed by atoms with E-state index in [1.807, 2.05) is 12.1 Å². The lowest BCUT2D eigenvalue weighted by Crippen LogP contribution is -2.36. The molecule has 0 bridgehead atoms. The number of nitrogens with one attached hydrogen (secondary N) is 2. The Morgan fingerprint density at radius 3 is 2.58 bits per heavy atom. The summed E-state index contributed by atoms with van der Waals surface area (Å²) >= 11 is 5.24. The quantitative estimate of drug-likeness (QED) is 0.239. The zero-order chi connectivity index (χ0) is 22.4. The van der Waals surface area contributed by atoms with E-state index in [4.69, 9.17) is 17.1 Å². The van der Waals surface area contributed by atoms with Crippen molar-refractivity contribution >= 4 is 33.0 Å². The van der Waals surface area contributed by atoms with E-state index in [2.05, 4.69) is 15.6 Å². The largest absolute Gasteiger partial charge is 0.362 e. The van der Waals surface area contributed by atoms with Crippen LogP contribution in [0.1, 0.15) is 57.8 Å². The topological polar surface area (TPSA) is 83.6 Å². The SMILES string of the molecule is O=S(=O)(CCCCCCNC(=S)Nc1ccncc1)N(CCF)OCC1CCCCC1. The lowest BCUT2D eigenvalue weighted by molar-refractivity contribution is -0.104. The van der Waals surface area contributed by atoms with Crippen LogP contribution in [0.4, 0.5) is 10.1 Å². The second-order valence-electron chi connectivity index (χ2n) is 7.86. The first-order chi connectivity index (χ1) is 15.0. The fourth-order valence-electron chi connectivity index (χ4n) is 3.57. The first-order valence-electron chi connectivity index (χ1n) is 11.2. The highest BCUT2D eigenvalue weighted by Crippen LogP contribution is 2.24. The molecule has 10 heteroatoms. The fourth-order valence-corrected chi connectivity index (χ4v) is 5.13. The zero-order valence-corrected chi connectivity index (χ0v) is 19.7. The Hall–Kier alpha value is -1.36. The highest BCUT2D eigenvalue weighted by atomic mass is 32.2. The number of sulfonamides is 1. The molecule has 2 N–H and O–H groups in total. The van der Waals surface area contributed by atoms with Gasteiger partial charge in [-0.2, -0.15) is 0 Å². The van der Waals surface area contributed by atoms with E-state index in [1.54, 1.807) is 12.4 Å². The summed E-state index contributed by atoms with van der Waals surface area (Å²) in [6.07, 6.45) is 12.1. The molecule has 0 spiro atoms. The maximum absolute atomic E-state index is 12.9. The van der Waals surface area contributed by atoms with Crippen molar-refractivity contribution in [2.45, 2.75) is 57.8 Å². The normalized spacial score (nSPS) is 15.2. The molecule has 1 fully saturated rings. The maximum Gasteiger partial charge on any atom is 0.236 e. The van der Waals surface area contributed by atoms with Crippen LogP contribution in [0.15, 0.2) is 24.5 Å². The van der Waals surface area contributed by atoms with Crippen molar-refractivity contribution in [2.24, 2.45) is 5.92 Å². The number of pyridine rings is 1. The summed E-state index contributed by atoms with van der Waals surface area (Å²) < 4.78 is 38.8. The minimum atomic E-state index is -3.61. The van der Waals surface area contributed by atoms with Crippen LogP contribution in [0.2, 0.25) is 0 Å². The van der Waals surface area contributed by atoms with E-state index < -0.39 is 16.7 Å². The molecule has 0 aromatic carbocycles. The number of anilines is 1. The number of thiocarbonyl (C=S) groups is 1. The predicted octanol–water partition coefficient (Wildman–Crippen LogP) is 4.04. The van der Waals surface area contributed by atoms with E-state index in [9.17, 15) is 12.8 Å². The van der Waals surface area contributed by atoms with Crippen molar-refractivity contribution in [3.8, 4) is 0 Å². The zero-order valence-electron chi connectivity index (χ0n) is 18.1. The lowest BCUT2D eigenvalue weighted by atomic mass is 9.90. The molecule has 7 nitrogen and oxygen atoms in total. The summed E-state index contributed by atoms with van der Waals surface area (Å²) in [5.41, 5.74) is 0.876. The third kappa shape index (κ3) is 10.7. The molecule has 31 heavy (non-hydrogen) atoms. The standard InChI is InChI=1S/C21H35FN4O3S2/c22-12-16-26(29-18-19-8-4-3-5-9-19)31(27,28)17-7-2-1-6-13-24-21(30)25-20-10-14-23-15-11-20/h10-11,14-15,19H,1-9,12-13,16-18H2,(H2,23,24,25,30). The van der Waals surface area contributed by atoms with Gasteiger partial charge < -0.3 is 10.6 Å². The van der Waals surface area contributed by atoms with Crippen LogP contribution in [0.25, 0.3) is 0 Å². The molecule has 1 aliphatic carbocycles. The van der Waals surface area contributed by atoms with Crippen molar-refractivity contribution in [1.29, 1.82) is 0 Å². The van der Waals surface area contributed by atoms with Gasteiger partial charge in [-0.3, -0.25) is 9.82 Å². The van der Waals surface area contributed by atoms with Crippen LogP contribution >= 0.6 is 12.2 Å². The van der Waals surface area contributed by atoms with E-state index in [1.165, 1.54) is 6.42 Å². The van der Waals surface area contributed by atoms with Crippen molar-refractivity contribution < 1.29 is 17.6 Å². The van der Waals surface area contributed by atoms with E-state index in [0.29, 0.717) is 30.6 Å². The van der Waals surface area contributed by atoms with Crippen molar-refractivity contribution in [3.63, 3.8) is 0 Å². The van der Waals surface area contributed by atoms with Crippen LogP contribution < -0.4 is 10.6 Å². The highest BCUT2D eigenvalue weighted by Gasteiger charge is 2.24. The van der Waals surface area contributed by atoms with E-state index in [-0.39, 0.29) is 12.3 Å². The molecule has 0 aliphatic heterocycles. The highest BCUT2D eigenvalue weighted by molar-refractivity contribution is 7.88. The molecule has 0 saturated heterocycles. The minimum Gasteiger partial charge on any atom is -0.362 e. The Bertz CT molecular complexity index is 731. The van der Waals surface area contributed by atoms with Gasteiger partial charge in [0.1, 0.15) is 6.67 Å². The molecule has 0 radical (unpaired) electrons. The summed E-state index contributed by atoms with van der Waals surface area (Å²) in [5, 5.41) is 6.75. The summed E-state index contributed by atoms with van der Waals surface area (Å²) in [6.45, 7) is 0.0877. The average Bonchev–Trinajstić information content (AvgIpc) is 2.77. The molecule has 1 saturated carbocycles. The third-order valence-corrected chi connectivity index (χ3v) is 7.27. The number of nitrogens with zero attached hydrogens (tertiary/aromatic N) is 2. The van der Waals surface area contributed by atoms with Gasteiger partial charge in [0.05, 0.1) is 18.9 Å². The lowest BCUT2D eigenvalue weighted by Gasteiger charge is -2.25. The summed E-state index contributed by atoms with van der Waals surface area (Å²) in [6, 6.07) is 3.67. The number of alkyl halides is 1. The van der Waals surface area contributed by atoms with Crippen LogP contribution in [0, 0.1) is 5.92 Å². The molecule has 0 atom stereocenters. The van der Waals surface area contributed by atoms with Crippen LogP contribution in [0.5, 0.6) is 0 Å². The monoisotopic (exact) mass is 474 g/mol. The summed E-state index contributed by atoms with van der Waals surface area (Å²) in [7, 11) is -3.61. The molecule has 1 heterocycles. The van der Waals surface area contributed by atoms with Crippen LogP contribution in [-0.4, -0.2) is 55.1 Å².